The van der Waals surface area contributed by atoms with Gasteiger partial charge in [-0.15, -0.1) is 0 Å². The molecule has 0 atom stereocenters. The van der Waals surface area contributed by atoms with Crippen LogP contribution in [0.1, 0.15) is 16.2 Å². The van der Waals surface area contributed by atoms with Gasteiger partial charge in [0, 0.05) is 11.8 Å². The van der Waals surface area contributed by atoms with Gasteiger partial charge in [0.25, 0.3) is 5.91 Å². The Morgan fingerprint density at radius 3 is 2.36 bits per heavy atom. The van der Waals surface area contributed by atoms with E-state index in [0.29, 0.717) is 17.2 Å². The Morgan fingerprint density at radius 2 is 1.73 bits per heavy atom. The zero-order valence-electron chi connectivity index (χ0n) is 11.9. The van der Waals surface area contributed by atoms with Crippen LogP contribution < -0.4 is 10.1 Å². The molecule has 0 aliphatic carbocycles. The molecule has 0 spiro atoms. The summed E-state index contributed by atoms with van der Waals surface area (Å²) in [6.45, 7) is 1.74. The highest BCUT2D eigenvalue weighted by molar-refractivity contribution is 6.02. The molecular weight excluding hydrogens is 280 g/mol. The fourth-order valence-corrected chi connectivity index (χ4v) is 1.90. The molecule has 1 aromatic heterocycles. The predicted molar refractivity (Wildman–Crippen MR) is 82.2 cm³/mol. The van der Waals surface area contributed by atoms with Crippen molar-refractivity contribution in [3.05, 3.63) is 72.1 Å². The van der Waals surface area contributed by atoms with Crippen LogP contribution in [0.15, 0.2) is 65.2 Å². The lowest BCUT2D eigenvalue weighted by molar-refractivity contribution is 0.101. The van der Waals surface area contributed by atoms with Gasteiger partial charge in [0.1, 0.15) is 17.3 Å². The van der Waals surface area contributed by atoms with Gasteiger partial charge in [0.05, 0.1) is 0 Å². The minimum absolute atomic E-state index is 0.252. The maximum Gasteiger partial charge on any atom is 0.277 e. The number of ether oxygens (including phenoxy) is 1. The van der Waals surface area contributed by atoms with Crippen LogP contribution in [0.3, 0.4) is 0 Å². The molecule has 0 aliphatic rings. The number of anilines is 1. The summed E-state index contributed by atoms with van der Waals surface area (Å²) in [6, 6.07) is 18.2. The summed E-state index contributed by atoms with van der Waals surface area (Å²) in [6.07, 6.45) is 0. The van der Waals surface area contributed by atoms with E-state index in [4.69, 9.17) is 9.26 Å². The van der Waals surface area contributed by atoms with Gasteiger partial charge in [-0.05, 0) is 43.3 Å². The number of amides is 1. The quantitative estimate of drug-likeness (QED) is 0.789. The fourth-order valence-electron chi connectivity index (χ4n) is 1.90. The van der Waals surface area contributed by atoms with Crippen LogP contribution >= 0.6 is 0 Å². The molecule has 0 bridgehead atoms. The molecule has 1 N–H and O–H groups in total. The molecule has 1 amide bonds. The van der Waals surface area contributed by atoms with Crippen molar-refractivity contribution >= 4 is 11.6 Å². The van der Waals surface area contributed by atoms with E-state index in [9.17, 15) is 4.79 Å². The molecule has 3 aromatic rings. The Morgan fingerprint density at radius 1 is 1.05 bits per heavy atom. The molecular formula is C17H14N2O3. The highest BCUT2D eigenvalue weighted by Gasteiger charge is 2.11. The minimum atomic E-state index is -0.312. The summed E-state index contributed by atoms with van der Waals surface area (Å²) >= 11 is 0. The van der Waals surface area contributed by atoms with E-state index >= 15 is 0 Å². The summed E-state index contributed by atoms with van der Waals surface area (Å²) in [4.78, 5) is 11.9. The Kier molecular flexibility index (Phi) is 3.87. The smallest absolute Gasteiger partial charge is 0.277 e. The molecule has 0 radical (unpaired) electrons. The number of aryl methyl sites for hydroxylation is 1. The van der Waals surface area contributed by atoms with Gasteiger partial charge in [0.2, 0.25) is 0 Å². The number of benzene rings is 2. The van der Waals surface area contributed by atoms with Crippen LogP contribution in [0.2, 0.25) is 0 Å². The van der Waals surface area contributed by atoms with Crippen molar-refractivity contribution in [2.75, 3.05) is 5.32 Å². The summed E-state index contributed by atoms with van der Waals surface area (Å²) in [7, 11) is 0. The first-order chi connectivity index (χ1) is 10.7. The first-order valence-electron chi connectivity index (χ1n) is 6.78. The maximum absolute atomic E-state index is 11.9. The number of nitrogens with one attached hydrogen (secondary N) is 1. The van der Waals surface area contributed by atoms with E-state index in [-0.39, 0.29) is 11.6 Å². The van der Waals surface area contributed by atoms with E-state index in [1.54, 1.807) is 37.3 Å². The number of para-hydroxylation sites is 1. The fraction of sp³-hybridized carbons (Fsp3) is 0.0588. The number of hydrogen-bond donors (Lipinski definition) is 1. The number of nitrogens with zero attached hydrogens (tertiary/aromatic N) is 1. The third-order valence-electron chi connectivity index (χ3n) is 2.95. The predicted octanol–water partition coefficient (Wildman–Crippen LogP) is 4.03. The number of carbonyl (C=O) groups is 1. The van der Waals surface area contributed by atoms with Crippen LogP contribution in [0.4, 0.5) is 5.69 Å². The maximum atomic E-state index is 11.9. The van der Waals surface area contributed by atoms with E-state index in [1.807, 2.05) is 30.3 Å². The molecule has 2 aromatic carbocycles. The Hall–Kier alpha value is -3.08. The van der Waals surface area contributed by atoms with Crippen LogP contribution in [0, 0.1) is 6.92 Å². The van der Waals surface area contributed by atoms with Crippen molar-refractivity contribution in [1.29, 1.82) is 0 Å². The first kappa shape index (κ1) is 13.9. The monoisotopic (exact) mass is 294 g/mol. The molecule has 0 saturated heterocycles. The van der Waals surface area contributed by atoms with Crippen LogP contribution in [-0.2, 0) is 0 Å². The standard InChI is InChI=1S/C17H14N2O3/c1-12-11-16(19-22-12)17(20)18-13-7-9-15(10-8-13)21-14-5-3-2-4-6-14/h2-11H,1H3,(H,18,20). The average Bonchev–Trinajstić information content (AvgIpc) is 2.97. The number of carbonyl (C=O) groups excluding carboxylic acids is 1. The first-order valence-corrected chi connectivity index (χ1v) is 6.78. The van der Waals surface area contributed by atoms with Gasteiger partial charge in [0.15, 0.2) is 5.69 Å². The van der Waals surface area contributed by atoms with Gasteiger partial charge in [-0.3, -0.25) is 4.79 Å². The topological polar surface area (TPSA) is 64.4 Å². The Labute approximate surface area is 127 Å². The second-order valence-electron chi connectivity index (χ2n) is 4.72. The molecule has 0 fully saturated rings. The largest absolute Gasteiger partial charge is 0.457 e. The number of hydrogen-bond acceptors (Lipinski definition) is 4. The van der Waals surface area contributed by atoms with Gasteiger partial charge in [-0.2, -0.15) is 0 Å². The Balaban J connectivity index is 1.65. The van der Waals surface area contributed by atoms with Crippen molar-refractivity contribution in [3.63, 3.8) is 0 Å². The van der Waals surface area contributed by atoms with Crippen molar-refractivity contribution in [1.82, 2.24) is 5.16 Å². The summed E-state index contributed by atoms with van der Waals surface area (Å²) in [5, 5.41) is 6.42. The van der Waals surface area contributed by atoms with Crippen LogP contribution in [0.25, 0.3) is 0 Å². The second kappa shape index (κ2) is 6.13. The van der Waals surface area contributed by atoms with Crippen molar-refractivity contribution < 1.29 is 14.1 Å². The van der Waals surface area contributed by atoms with Gasteiger partial charge in [-0.1, -0.05) is 23.4 Å². The summed E-state index contributed by atoms with van der Waals surface area (Å²) in [5.74, 6) is 1.74. The average molecular weight is 294 g/mol. The number of rotatable bonds is 4. The highest BCUT2D eigenvalue weighted by atomic mass is 16.5. The number of aromatic nitrogens is 1. The highest BCUT2D eigenvalue weighted by Crippen LogP contribution is 2.22. The molecule has 5 heteroatoms. The van der Waals surface area contributed by atoms with Gasteiger partial charge in [-0.25, -0.2) is 0 Å². The van der Waals surface area contributed by atoms with Crippen LogP contribution in [-0.4, -0.2) is 11.1 Å². The summed E-state index contributed by atoms with van der Waals surface area (Å²) < 4.78 is 10.6. The van der Waals surface area contributed by atoms with Crippen molar-refractivity contribution in [3.8, 4) is 11.5 Å². The lowest BCUT2D eigenvalue weighted by Gasteiger charge is -2.07. The lowest BCUT2D eigenvalue weighted by Crippen LogP contribution is -2.11. The zero-order chi connectivity index (χ0) is 15.4. The molecule has 0 aliphatic heterocycles. The lowest BCUT2D eigenvalue weighted by atomic mass is 10.3. The van der Waals surface area contributed by atoms with E-state index in [1.165, 1.54) is 0 Å². The SMILES string of the molecule is Cc1cc(C(=O)Nc2ccc(Oc3ccccc3)cc2)no1. The van der Waals surface area contributed by atoms with Crippen molar-refractivity contribution in [2.24, 2.45) is 0 Å². The van der Waals surface area contributed by atoms with E-state index in [0.717, 1.165) is 5.75 Å². The third kappa shape index (κ3) is 3.32. The van der Waals surface area contributed by atoms with Gasteiger partial charge >= 0.3 is 0 Å². The normalized spacial score (nSPS) is 10.2. The molecule has 1 heterocycles. The third-order valence-corrected chi connectivity index (χ3v) is 2.95. The minimum Gasteiger partial charge on any atom is -0.457 e. The van der Waals surface area contributed by atoms with Crippen LogP contribution in [0.5, 0.6) is 11.5 Å². The van der Waals surface area contributed by atoms with E-state index < -0.39 is 0 Å². The molecule has 5 nitrogen and oxygen atoms in total. The summed E-state index contributed by atoms with van der Waals surface area (Å²) in [5.41, 5.74) is 0.910. The van der Waals surface area contributed by atoms with E-state index in [2.05, 4.69) is 10.5 Å². The molecule has 3 rings (SSSR count). The van der Waals surface area contributed by atoms with Crippen molar-refractivity contribution in [2.45, 2.75) is 6.92 Å². The second-order valence-corrected chi connectivity index (χ2v) is 4.72. The Bertz CT molecular complexity index is 764. The molecule has 110 valence electrons. The van der Waals surface area contributed by atoms with Gasteiger partial charge < -0.3 is 14.6 Å². The molecule has 0 unspecified atom stereocenters. The molecule has 0 saturated carbocycles. The zero-order valence-corrected chi connectivity index (χ0v) is 11.9. The molecule has 22 heavy (non-hydrogen) atoms.